The minimum atomic E-state index is -3.67. The Morgan fingerprint density at radius 2 is 1.75 bits per heavy atom. The van der Waals surface area contributed by atoms with Crippen molar-refractivity contribution >= 4 is 21.8 Å². The summed E-state index contributed by atoms with van der Waals surface area (Å²) in [6, 6.07) is 4.02. The Kier molecular flexibility index (Phi) is 2.58. The summed E-state index contributed by atoms with van der Waals surface area (Å²) in [5.74, 6) is -0.879. The second-order valence-corrected chi connectivity index (χ2v) is 7.23. The Balaban J connectivity index is 2.02. The van der Waals surface area contributed by atoms with E-state index in [1.165, 1.54) is 25.2 Å². The van der Waals surface area contributed by atoms with Gasteiger partial charge in [-0.1, -0.05) is 0 Å². The van der Waals surface area contributed by atoms with Gasteiger partial charge < -0.3 is 0 Å². The minimum Gasteiger partial charge on any atom is -0.277 e. The maximum atomic E-state index is 12.2. The van der Waals surface area contributed by atoms with Crippen LogP contribution in [0.25, 0.3) is 0 Å². The van der Waals surface area contributed by atoms with Crippen LogP contribution >= 0.6 is 0 Å². The highest BCUT2D eigenvalue weighted by atomic mass is 32.2. The van der Waals surface area contributed by atoms with E-state index in [4.69, 9.17) is 0 Å². The van der Waals surface area contributed by atoms with Gasteiger partial charge in [-0.25, -0.2) is 13.1 Å². The van der Waals surface area contributed by atoms with Crippen molar-refractivity contribution in [1.29, 1.82) is 0 Å². The van der Waals surface area contributed by atoms with Crippen molar-refractivity contribution in [2.45, 2.75) is 30.2 Å². The number of nitrogens with zero attached hydrogens (tertiary/aromatic N) is 1. The summed E-state index contributed by atoms with van der Waals surface area (Å²) in [5.41, 5.74) is 0.00415. The number of carbonyl (C=O) groups excluding carboxylic acids is 2. The molecule has 0 saturated heterocycles. The highest BCUT2D eigenvalue weighted by Crippen LogP contribution is 2.36. The van der Waals surface area contributed by atoms with Gasteiger partial charge in [-0.15, -0.1) is 0 Å². The molecule has 2 amide bonds. The lowest BCUT2D eigenvalue weighted by atomic mass is 10.1. The largest absolute Gasteiger partial charge is 0.277 e. The smallest absolute Gasteiger partial charge is 0.261 e. The number of nitrogens with one attached hydrogen (secondary N) is 1. The van der Waals surface area contributed by atoms with Crippen LogP contribution in [0.15, 0.2) is 23.1 Å². The molecule has 1 aliphatic heterocycles. The first-order chi connectivity index (χ1) is 9.23. The van der Waals surface area contributed by atoms with Crippen molar-refractivity contribution in [2.24, 2.45) is 0 Å². The van der Waals surface area contributed by atoms with Crippen LogP contribution in [0.2, 0.25) is 0 Å². The fourth-order valence-electron chi connectivity index (χ4n) is 2.18. The van der Waals surface area contributed by atoms with Crippen molar-refractivity contribution in [2.75, 3.05) is 7.05 Å². The number of imide groups is 1. The predicted molar refractivity (Wildman–Crippen MR) is 70.8 cm³/mol. The normalized spacial score (nSPS) is 20.2. The highest BCUT2D eigenvalue weighted by Gasteiger charge is 2.42. The quantitative estimate of drug-likeness (QED) is 0.834. The topological polar surface area (TPSA) is 83.6 Å². The van der Waals surface area contributed by atoms with E-state index in [2.05, 4.69) is 4.72 Å². The lowest BCUT2D eigenvalue weighted by Crippen LogP contribution is -2.34. The van der Waals surface area contributed by atoms with Crippen LogP contribution in [0.4, 0.5) is 0 Å². The van der Waals surface area contributed by atoms with Gasteiger partial charge in [0.2, 0.25) is 10.0 Å². The van der Waals surface area contributed by atoms with Gasteiger partial charge in [0, 0.05) is 12.6 Å². The Hall–Kier alpha value is -1.73. The number of amides is 2. The van der Waals surface area contributed by atoms with Crippen LogP contribution in [0.3, 0.4) is 0 Å². The van der Waals surface area contributed by atoms with E-state index >= 15 is 0 Å². The van der Waals surface area contributed by atoms with Gasteiger partial charge in [-0.05, 0) is 38.0 Å². The molecule has 1 fully saturated rings. The molecular formula is C13H14N2O4S. The number of carbonyl (C=O) groups is 2. The summed E-state index contributed by atoms with van der Waals surface area (Å²) in [7, 11) is -2.29. The molecule has 0 unspecified atom stereocenters. The van der Waals surface area contributed by atoms with Crippen molar-refractivity contribution < 1.29 is 18.0 Å². The number of benzene rings is 1. The first-order valence-electron chi connectivity index (χ1n) is 6.24. The fraction of sp³-hybridized carbons (Fsp3) is 0.385. The standard InChI is InChI=1S/C13H14N2O4S/c1-13(5-6-13)14-20(18,19)8-3-4-9-10(7-8)12(17)15(2)11(9)16/h3-4,7,14H,5-6H2,1-2H3. The molecule has 1 N–H and O–H groups in total. The van der Waals surface area contributed by atoms with Crippen LogP contribution in [-0.4, -0.2) is 37.7 Å². The predicted octanol–water partition coefficient (Wildman–Crippen LogP) is 0.743. The average molecular weight is 294 g/mol. The van der Waals surface area contributed by atoms with Crippen LogP contribution in [0.1, 0.15) is 40.5 Å². The van der Waals surface area contributed by atoms with Crippen LogP contribution in [-0.2, 0) is 10.0 Å². The average Bonchev–Trinajstić information content (AvgIpc) is 3.06. The van der Waals surface area contributed by atoms with Crippen molar-refractivity contribution in [3.8, 4) is 0 Å². The summed E-state index contributed by atoms with van der Waals surface area (Å²) in [6.07, 6.45) is 1.61. The van der Waals surface area contributed by atoms with Gasteiger partial charge in [-0.3, -0.25) is 14.5 Å². The monoisotopic (exact) mass is 294 g/mol. The summed E-state index contributed by atoms with van der Waals surface area (Å²) in [4.78, 5) is 24.6. The van der Waals surface area contributed by atoms with E-state index in [0.717, 1.165) is 17.7 Å². The van der Waals surface area contributed by atoms with Crippen LogP contribution in [0.5, 0.6) is 0 Å². The molecule has 106 valence electrons. The molecule has 0 atom stereocenters. The molecule has 1 aromatic rings. The number of fused-ring (bicyclic) bond motifs is 1. The summed E-state index contributed by atoms with van der Waals surface area (Å²) in [5, 5.41) is 0. The van der Waals surface area contributed by atoms with E-state index in [-0.39, 0.29) is 21.6 Å². The number of hydrogen-bond acceptors (Lipinski definition) is 4. The molecule has 0 aromatic heterocycles. The first kappa shape index (κ1) is 13.3. The molecule has 1 aromatic carbocycles. The molecule has 1 heterocycles. The van der Waals surface area contributed by atoms with Crippen molar-refractivity contribution in [3.05, 3.63) is 29.3 Å². The number of rotatable bonds is 3. The highest BCUT2D eigenvalue weighted by molar-refractivity contribution is 7.89. The Bertz CT molecular complexity index is 735. The number of hydrogen-bond donors (Lipinski definition) is 1. The van der Waals surface area contributed by atoms with Gasteiger partial charge in [0.25, 0.3) is 11.8 Å². The summed E-state index contributed by atoms with van der Waals surface area (Å²) >= 11 is 0. The molecule has 0 spiro atoms. The molecule has 1 saturated carbocycles. The lowest BCUT2D eigenvalue weighted by molar-refractivity contribution is 0.0693. The third kappa shape index (κ3) is 1.94. The van der Waals surface area contributed by atoms with Crippen molar-refractivity contribution in [1.82, 2.24) is 9.62 Å². The van der Waals surface area contributed by atoms with E-state index in [9.17, 15) is 18.0 Å². The number of sulfonamides is 1. The second kappa shape index (κ2) is 3.89. The van der Waals surface area contributed by atoms with Crippen LogP contribution < -0.4 is 4.72 Å². The molecule has 0 bridgehead atoms. The zero-order valence-corrected chi connectivity index (χ0v) is 12.0. The molecule has 6 nitrogen and oxygen atoms in total. The first-order valence-corrected chi connectivity index (χ1v) is 7.72. The zero-order valence-electron chi connectivity index (χ0n) is 11.1. The Morgan fingerprint density at radius 3 is 2.35 bits per heavy atom. The zero-order chi connectivity index (χ0) is 14.7. The van der Waals surface area contributed by atoms with Crippen molar-refractivity contribution in [3.63, 3.8) is 0 Å². The molecule has 3 rings (SSSR count). The third-order valence-electron chi connectivity index (χ3n) is 3.75. The van der Waals surface area contributed by atoms with Gasteiger partial charge in [0.05, 0.1) is 16.0 Å². The maximum Gasteiger partial charge on any atom is 0.261 e. The molecule has 0 radical (unpaired) electrons. The van der Waals surface area contributed by atoms with Gasteiger partial charge >= 0.3 is 0 Å². The molecular weight excluding hydrogens is 280 g/mol. The second-order valence-electron chi connectivity index (χ2n) is 5.54. The third-order valence-corrected chi connectivity index (χ3v) is 5.39. The molecule has 2 aliphatic rings. The SMILES string of the molecule is CN1C(=O)c2ccc(S(=O)(=O)NC3(C)CC3)cc2C1=O. The summed E-state index contributed by atoms with van der Waals surface area (Å²) < 4.78 is 27.1. The van der Waals surface area contributed by atoms with Gasteiger partial charge in [0.1, 0.15) is 0 Å². The van der Waals surface area contributed by atoms with E-state index in [0.29, 0.717) is 0 Å². The Labute approximate surface area is 116 Å². The minimum absolute atomic E-state index is 0.0147. The summed E-state index contributed by atoms with van der Waals surface area (Å²) in [6.45, 7) is 1.83. The van der Waals surface area contributed by atoms with Crippen LogP contribution in [0, 0.1) is 0 Å². The maximum absolute atomic E-state index is 12.2. The lowest BCUT2D eigenvalue weighted by Gasteiger charge is -2.12. The molecule has 1 aliphatic carbocycles. The van der Waals surface area contributed by atoms with E-state index < -0.39 is 21.8 Å². The fourth-order valence-corrected chi connectivity index (χ4v) is 3.67. The van der Waals surface area contributed by atoms with Gasteiger partial charge in [0.15, 0.2) is 0 Å². The van der Waals surface area contributed by atoms with E-state index in [1.54, 1.807) is 0 Å². The van der Waals surface area contributed by atoms with E-state index in [1.807, 2.05) is 6.92 Å². The molecule has 20 heavy (non-hydrogen) atoms. The van der Waals surface area contributed by atoms with Gasteiger partial charge in [-0.2, -0.15) is 0 Å². The molecule has 7 heteroatoms. The Morgan fingerprint density at radius 1 is 1.15 bits per heavy atom.